The van der Waals surface area contributed by atoms with Gasteiger partial charge in [-0.3, -0.25) is 0 Å². The predicted molar refractivity (Wildman–Crippen MR) is 68.0 cm³/mol. The van der Waals surface area contributed by atoms with E-state index in [0.717, 1.165) is 11.3 Å². The molecule has 0 aromatic heterocycles. The molecule has 0 bridgehead atoms. The van der Waals surface area contributed by atoms with Gasteiger partial charge in [0.05, 0.1) is 21.3 Å². The van der Waals surface area contributed by atoms with Crippen LogP contribution in [0, 0.1) is 0 Å². The van der Waals surface area contributed by atoms with Crippen molar-refractivity contribution in [1.82, 2.24) is 0 Å². The van der Waals surface area contributed by atoms with Gasteiger partial charge in [-0.2, -0.15) is 0 Å². The quantitative estimate of drug-likeness (QED) is 0.710. The fourth-order valence-corrected chi connectivity index (χ4v) is 2.42. The molecular weight excluding hydrogens is 252 g/mol. The summed E-state index contributed by atoms with van der Waals surface area (Å²) in [5, 5.41) is 5.05. The summed E-state index contributed by atoms with van der Waals surface area (Å²) in [4.78, 5) is 0. The Morgan fingerprint density at radius 1 is 1.13 bits per heavy atom. The van der Waals surface area contributed by atoms with Crippen molar-refractivity contribution in [2.75, 3.05) is 5.32 Å². The minimum Gasteiger partial charge on any atom is -0.375 e. The van der Waals surface area contributed by atoms with Gasteiger partial charge in [-0.1, -0.05) is 34.8 Å². The van der Waals surface area contributed by atoms with Crippen LogP contribution in [-0.2, 0) is 0 Å². The van der Waals surface area contributed by atoms with Crippen LogP contribution in [0.4, 0.5) is 5.69 Å². The first-order chi connectivity index (χ1) is 6.91. The average molecular weight is 263 g/mol. The van der Waals surface area contributed by atoms with Gasteiger partial charge >= 0.3 is 0 Å². The first-order valence-electron chi connectivity index (χ1n) is 4.55. The summed E-state index contributed by atoms with van der Waals surface area (Å²) in [6, 6.07) is 3.61. The van der Waals surface area contributed by atoms with Crippen LogP contribution in [0.25, 0.3) is 5.03 Å². The lowest BCUT2D eigenvalue weighted by molar-refractivity contribution is 0.710. The molecule has 2 rings (SSSR count). The number of benzene rings is 1. The van der Waals surface area contributed by atoms with Gasteiger partial charge in [0.1, 0.15) is 0 Å². The van der Waals surface area contributed by atoms with E-state index in [1.165, 1.54) is 0 Å². The van der Waals surface area contributed by atoms with Crippen LogP contribution in [0.2, 0.25) is 10.0 Å². The lowest BCUT2D eigenvalue weighted by Gasteiger charge is -2.31. The third kappa shape index (κ3) is 1.96. The van der Waals surface area contributed by atoms with Gasteiger partial charge in [-0.25, -0.2) is 0 Å². The van der Waals surface area contributed by atoms with Gasteiger partial charge in [-0.05, 0) is 32.1 Å². The minimum absolute atomic E-state index is 0.210. The molecule has 4 heteroatoms. The van der Waals surface area contributed by atoms with E-state index in [4.69, 9.17) is 34.8 Å². The zero-order valence-electron chi connectivity index (χ0n) is 8.37. The Balaban J connectivity index is 2.65. The average Bonchev–Trinajstić information content (AvgIpc) is 2.10. The molecule has 0 fully saturated rings. The SMILES string of the molecule is CC1(C)C=C(Cl)c2ccc(Cl)c(Cl)c2N1. The van der Waals surface area contributed by atoms with Crippen molar-refractivity contribution in [2.24, 2.45) is 0 Å². The summed E-state index contributed by atoms with van der Waals surface area (Å²) in [5.41, 5.74) is 1.49. The van der Waals surface area contributed by atoms with Crippen molar-refractivity contribution >= 4 is 45.5 Å². The predicted octanol–water partition coefficient (Wildman–Crippen LogP) is 4.78. The van der Waals surface area contributed by atoms with E-state index in [9.17, 15) is 0 Å². The minimum atomic E-state index is -0.210. The molecule has 0 aliphatic carbocycles. The number of rotatable bonds is 0. The highest BCUT2D eigenvalue weighted by Gasteiger charge is 2.25. The van der Waals surface area contributed by atoms with Crippen LogP contribution in [0.1, 0.15) is 19.4 Å². The molecule has 0 amide bonds. The fraction of sp³-hybridized carbons (Fsp3) is 0.273. The van der Waals surface area contributed by atoms with E-state index >= 15 is 0 Å². The molecule has 0 atom stereocenters. The van der Waals surface area contributed by atoms with E-state index in [1.807, 2.05) is 26.0 Å². The summed E-state index contributed by atoms with van der Waals surface area (Å²) in [6.07, 6.45) is 1.96. The van der Waals surface area contributed by atoms with Crippen LogP contribution in [0.3, 0.4) is 0 Å². The second kappa shape index (κ2) is 3.58. The molecule has 80 valence electrons. The van der Waals surface area contributed by atoms with Crippen LogP contribution in [-0.4, -0.2) is 5.54 Å². The second-order valence-corrected chi connectivity index (χ2v) is 5.32. The van der Waals surface area contributed by atoms with Crippen molar-refractivity contribution in [1.29, 1.82) is 0 Å². The van der Waals surface area contributed by atoms with Crippen LogP contribution in [0.5, 0.6) is 0 Å². The Morgan fingerprint density at radius 3 is 2.47 bits per heavy atom. The fourth-order valence-electron chi connectivity index (χ4n) is 1.62. The normalized spacial score (nSPS) is 17.8. The monoisotopic (exact) mass is 261 g/mol. The number of hydrogen-bond donors (Lipinski definition) is 1. The number of halogens is 3. The summed E-state index contributed by atoms with van der Waals surface area (Å²) in [7, 11) is 0. The molecule has 1 aliphatic rings. The van der Waals surface area contributed by atoms with E-state index in [1.54, 1.807) is 6.07 Å². The molecular formula is C11H10Cl3N. The van der Waals surface area contributed by atoms with Gasteiger partial charge in [-0.15, -0.1) is 0 Å². The maximum Gasteiger partial charge on any atom is 0.0830 e. The number of nitrogens with one attached hydrogen (secondary N) is 1. The van der Waals surface area contributed by atoms with Crippen molar-refractivity contribution in [3.05, 3.63) is 33.8 Å². The Morgan fingerprint density at radius 2 is 1.80 bits per heavy atom. The molecule has 0 saturated carbocycles. The lowest BCUT2D eigenvalue weighted by atomic mass is 9.96. The van der Waals surface area contributed by atoms with Crippen LogP contribution in [0.15, 0.2) is 18.2 Å². The molecule has 1 nitrogen and oxygen atoms in total. The number of anilines is 1. The standard InChI is InChI=1S/C11H10Cl3N/c1-11(2)5-8(13)6-3-4-7(12)9(14)10(6)15-11/h3-5,15H,1-2H3. The summed E-state index contributed by atoms with van der Waals surface area (Å²) in [5.74, 6) is 0. The number of fused-ring (bicyclic) bond motifs is 1. The van der Waals surface area contributed by atoms with Crippen LogP contribution < -0.4 is 5.32 Å². The maximum absolute atomic E-state index is 6.18. The molecule has 1 aromatic rings. The number of hydrogen-bond acceptors (Lipinski definition) is 1. The van der Waals surface area contributed by atoms with Crippen molar-refractivity contribution in [3.63, 3.8) is 0 Å². The molecule has 0 spiro atoms. The molecule has 0 saturated heterocycles. The van der Waals surface area contributed by atoms with Gasteiger partial charge in [0.15, 0.2) is 0 Å². The molecule has 1 N–H and O–H groups in total. The van der Waals surface area contributed by atoms with Gasteiger partial charge in [0, 0.05) is 10.6 Å². The molecule has 0 radical (unpaired) electrons. The topological polar surface area (TPSA) is 12.0 Å². The Labute approximate surface area is 104 Å². The van der Waals surface area contributed by atoms with Gasteiger partial charge < -0.3 is 5.32 Å². The highest BCUT2D eigenvalue weighted by atomic mass is 35.5. The molecule has 0 unspecified atom stereocenters. The molecule has 1 aromatic carbocycles. The smallest absolute Gasteiger partial charge is 0.0830 e. The first-order valence-corrected chi connectivity index (χ1v) is 5.69. The van der Waals surface area contributed by atoms with Gasteiger partial charge in [0.2, 0.25) is 0 Å². The first kappa shape index (κ1) is 11.1. The second-order valence-electron chi connectivity index (χ2n) is 4.12. The van der Waals surface area contributed by atoms with E-state index in [2.05, 4.69) is 5.32 Å². The molecule has 1 heterocycles. The van der Waals surface area contributed by atoms with E-state index in [0.29, 0.717) is 15.1 Å². The van der Waals surface area contributed by atoms with Crippen molar-refractivity contribution in [2.45, 2.75) is 19.4 Å². The Hall–Kier alpha value is -0.370. The van der Waals surface area contributed by atoms with Crippen molar-refractivity contribution < 1.29 is 0 Å². The largest absolute Gasteiger partial charge is 0.375 e. The zero-order valence-corrected chi connectivity index (χ0v) is 10.6. The van der Waals surface area contributed by atoms with Crippen molar-refractivity contribution in [3.8, 4) is 0 Å². The summed E-state index contributed by atoms with van der Waals surface area (Å²) in [6.45, 7) is 4.05. The van der Waals surface area contributed by atoms with Gasteiger partial charge in [0.25, 0.3) is 0 Å². The highest BCUT2D eigenvalue weighted by Crippen LogP contribution is 2.42. The zero-order chi connectivity index (χ0) is 11.2. The molecule has 15 heavy (non-hydrogen) atoms. The third-order valence-electron chi connectivity index (χ3n) is 2.29. The maximum atomic E-state index is 6.18. The van der Waals surface area contributed by atoms with Crippen LogP contribution >= 0.6 is 34.8 Å². The summed E-state index contributed by atoms with van der Waals surface area (Å²) >= 11 is 18.3. The highest BCUT2D eigenvalue weighted by molar-refractivity contribution is 6.51. The Kier molecular flexibility index (Phi) is 2.66. The Bertz CT molecular complexity index is 449. The third-order valence-corrected chi connectivity index (χ3v) is 3.40. The summed E-state index contributed by atoms with van der Waals surface area (Å²) < 4.78 is 0. The van der Waals surface area contributed by atoms with E-state index < -0.39 is 0 Å². The molecule has 1 aliphatic heterocycles. The lowest BCUT2D eigenvalue weighted by Crippen LogP contribution is -2.31. The van der Waals surface area contributed by atoms with E-state index in [-0.39, 0.29) is 5.54 Å².